The van der Waals surface area contributed by atoms with E-state index >= 15 is 0 Å². The van der Waals surface area contributed by atoms with Crippen LogP contribution in [-0.2, 0) is 0 Å². The van der Waals surface area contributed by atoms with Crippen LogP contribution in [-0.4, -0.2) is 4.98 Å². The molecule has 0 fully saturated rings. The topological polar surface area (TPSA) is 52.0 Å². The SMILES string of the molecule is Nc1c(Br)cc2oc(-c3ccc(F)c(Cl)c3)nc2c1Br. The Morgan fingerprint density at radius 1 is 1.25 bits per heavy atom. The zero-order valence-corrected chi connectivity index (χ0v) is 13.7. The molecule has 0 atom stereocenters. The van der Waals surface area contributed by atoms with E-state index in [0.29, 0.717) is 37.2 Å². The van der Waals surface area contributed by atoms with Crippen molar-refractivity contribution >= 4 is 60.2 Å². The number of anilines is 1. The fourth-order valence-electron chi connectivity index (χ4n) is 1.76. The summed E-state index contributed by atoms with van der Waals surface area (Å²) in [4.78, 5) is 4.36. The van der Waals surface area contributed by atoms with Crippen molar-refractivity contribution in [3.8, 4) is 11.5 Å². The van der Waals surface area contributed by atoms with Gasteiger partial charge in [0.1, 0.15) is 11.3 Å². The van der Waals surface area contributed by atoms with Crippen molar-refractivity contribution in [2.75, 3.05) is 5.73 Å². The Bertz CT molecular complexity index is 835. The van der Waals surface area contributed by atoms with Crippen molar-refractivity contribution < 1.29 is 8.81 Å². The normalized spacial score (nSPS) is 11.2. The number of rotatable bonds is 1. The number of halogens is 4. The number of nitrogens with two attached hydrogens (primary N) is 1. The number of aromatic nitrogens is 1. The Balaban J connectivity index is 2.23. The minimum Gasteiger partial charge on any atom is -0.436 e. The number of hydrogen-bond acceptors (Lipinski definition) is 3. The lowest BCUT2D eigenvalue weighted by Gasteiger charge is -1.99. The van der Waals surface area contributed by atoms with Crippen LogP contribution < -0.4 is 5.73 Å². The van der Waals surface area contributed by atoms with Crippen LogP contribution >= 0.6 is 43.5 Å². The smallest absolute Gasteiger partial charge is 0.227 e. The number of nitrogens with zero attached hydrogens (tertiary/aromatic N) is 1. The second-order valence-corrected chi connectivity index (χ2v) is 6.14. The molecule has 2 N–H and O–H groups in total. The summed E-state index contributed by atoms with van der Waals surface area (Å²) in [7, 11) is 0. The Morgan fingerprint density at radius 3 is 2.70 bits per heavy atom. The molecule has 1 heterocycles. The summed E-state index contributed by atoms with van der Waals surface area (Å²) in [5.74, 6) is -0.139. The van der Waals surface area contributed by atoms with E-state index < -0.39 is 5.82 Å². The highest BCUT2D eigenvalue weighted by molar-refractivity contribution is 9.11. The van der Waals surface area contributed by atoms with Gasteiger partial charge in [-0.3, -0.25) is 0 Å². The van der Waals surface area contributed by atoms with Crippen LogP contribution in [0, 0.1) is 5.82 Å². The van der Waals surface area contributed by atoms with E-state index in [1.165, 1.54) is 12.1 Å². The first kappa shape index (κ1) is 13.9. The molecule has 3 aromatic rings. The lowest BCUT2D eigenvalue weighted by Crippen LogP contribution is -1.88. The van der Waals surface area contributed by atoms with Crippen molar-refractivity contribution in [2.45, 2.75) is 0 Å². The van der Waals surface area contributed by atoms with E-state index in [4.69, 9.17) is 21.8 Å². The van der Waals surface area contributed by atoms with E-state index in [-0.39, 0.29) is 5.02 Å². The van der Waals surface area contributed by atoms with Crippen molar-refractivity contribution in [3.05, 3.63) is 44.1 Å². The zero-order valence-electron chi connectivity index (χ0n) is 9.75. The summed E-state index contributed by atoms with van der Waals surface area (Å²) in [6.07, 6.45) is 0. The van der Waals surface area contributed by atoms with E-state index in [1.807, 2.05) is 0 Å². The summed E-state index contributed by atoms with van der Waals surface area (Å²) in [5, 5.41) is 0.0181. The lowest BCUT2D eigenvalue weighted by atomic mass is 10.2. The predicted octanol–water partition coefficient (Wildman–Crippen LogP) is 5.39. The van der Waals surface area contributed by atoms with Crippen LogP contribution in [0.15, 0.2) is 37.6 Å². The number of hydrogen-bond donors (Lipinski definition) is 1. The van der Waals surface area contributed by atoms with E-state index in [9.17, 15) is 4.39 Å². The Morgan fingerprint density at radius 2 is 2.00 bits per heavy atom. The van der Waals surface area contributed by atoms with Gasteiger partial charge in [0, 0.05) is 10.0 Å². The predicted molar refractivity (Wildman–Crippen MR) is 84.2 cm³/mol. The number of nitrogen functional groups attached to an aromatic ring is 1. The third-order valence-electron chi connectivity index (χ3n) is 2.78. The average molecular weight is 420 g/mol. The number of benzene rings is 2. The molecule has 20 heavy (non-hydrogen) atoms. The van der Waals surface area contributed by atoms with Crippen LogP contribution in [0.5, 0.6) is 0 Å². The molecule has 0 radical (unpaired) electrons. The first-order valence-corrected chi connectivity index (χ1v) is 7.43. The molecule has 0 saturated heterocycles. The first-order chi connectivity index (χ1) is 9.47. The molecule has 2 aromatic carbocycles. The summed E-state index contributed by atoms with van der Waals surface area (Å²) >= 11 is 12.5. The maximum absolute atomic E-state index is 13.2. The van der Waals surface area contributed by atoms with E-state index in [0.717, 1.165) is 0 Å². The minimum absolute atomic E-state index is 0.0181. The van der Waals surface area contributed by atoms with Gasteiger partial charge in [-0.15, -0.1) is 0 Å². The molecule has 102 valence electrons. The zero-order chi connectivity index (χ0) is 14.4. The summed E-state index contributed by atoms with van der Waals surface area (Å²) in [6, 6.07) is 6.02. The van der Waals surface area contributed by atoms with Gasteiger partial charge in [-0.1, -0.05) is 11.6 Å². The average Bonchev–Trinajstić information content (AvgIpc) is 2.83. The molecule has 0 saturated carbocycles. The quantitative estimate of drug-likeness (QED) is 0.537. The van der Waals surface area contributed by atoms with Crippen molar-refractivity contribution in [1.82, 2.24) is 4.98 Å². The van der Waals surface area contributed by atoms with E-state index in [2.05, 4.69) is 36.8 Å². The van der Waals surface area contributed by atoms with Gasteiger partial charge in [-0.2, -0.15) is 0 Å². The third kappa shape index (κ3) is 2.21. The second kappa shape index (κ2) is 5.02. The minimum atomic E-state index is -0.486. The van der Waals surface area contributed by atoms with Crippen LogP contribution in [0.2, 0.25) is 5.02 Å². The molecule has 7 heteroatoms. The van der Waals surface area contributed by atoms with Crippen LogP contribution in [0.3, 0.4) is 0 Å². The monoisotopic (exact) mass is 418 g/mol. The van der Waals surface area contributed by atoms with Gasteiger partial charge < -0.3 is 10.2 Å². The molecule has 0 bridgehead atoms. The Labute approximate surface area is 135 Å². The van der Waals surface area contributed by atoms with Gasteiger partial charge in [-0.25, -0.2) is 9.37 Å². The van der Waals surface area contributed by atoms with Gasteiger partial charge >= 0.3 is 0 Å². The van der Waals surface area contributed by atoms with E-state index in [1.54, 1.807) is 12.1 Å². The van der Waals surface area contributed by atoms with Gasteiger partial charge in [0.25, 0.3) is 0 Å². The maximum Gasteiger partial charge on any atom is 0.227 e. The van der Waals surface area contributed by atoms with Crippen LogP contribution in [0.4, 0.5) is 10.1 Å². The standard InChI is InChI=1S/C13H6Br2ClFN2O/c14-6-4-9-12(10(15)11(6)18)19-13(20-9)5-1-2-8(17)7(16)3-5/h1-4H,18H2. The fourth-order valence-corrected chi connectivity index (χ4v) is 3.12. The highest BCUT2D eigenvalue weighted by atomic mass is 79.9. The molecule has 0 unspecified atom stereocenters. The molecule has 0 aliphatic heterocycles. The largest absolute Gasteiger partial charge is 0.436 e. The van der Waals surface area contributed by atoms with Gasteiger partial charge in [0.2, 0.25) is 5.89 Å². The highest BCUT2D eigenvalue weighted by Gasteiger charge is 2.15. The summed E-state index contributed by atoms with van der Waals surface area (Å²) < 4.78 is 20.2. The van der Waals surface area contributed by atoms with Crippen molar-refractivity contribution in [2.24, 2.45) is 0 Å². The van der Waals surface area contributed by atoms with Gasteiger partial charge in [0.15, 0.2) is 5.58 Å². The van der Waals surface area contributed by atoms with Gasteiger partial charge in [-0.05, 0) is 56.1 Å². The van der Waals surface area contributed by atoms with Crippen LogP contribution in [0.1, 0.15) is 0 Å². The van der Waals surface area contributed by atoms with Gasteiger partial charge in [0.05, 0.1) is 15.2 Å². The molecule has 0 aliphatic carbocycles. The molecule has 0 spiro atoms. The second-order valence-electron chi connectivity index (χ2n) is 4.08. The number of fused-ring (bicyclic) bond motifs is 1. The number of oxazole rings is 1. The molecule has 0 amide bonds. The summed E-state index contributed by atoms with van der Waals surface area (Å²) in [5.41, 5.74) is 8.18. The highest BCUT2D eigenvalue weighted by Crippen LogP contribution is 2.37. The van der Waals surface area contributed by atoms with Crippen LogP contribution in [0.25, 0.3) is 22.6 Å². The Kier molecular flexibility index (Phi) is 3.48. The molecule has 3 nitrogen and oxygen atoms in total. The lowest BCUT2D eigenvalue weighted by molar-refractivity contribution is 0.616. The maximum atomic E-state index is 13.2. The molecule has 0 aliphatic rings. The van der Waals surface area contributed by atoms with Crippen molar-refractivity contribution in [3.63, 3.8) is 0 Å². The fraction of sp³-hybridized carbons (Fsp3) is 0. The molecular formula is C13H6Br2ClFN2O. The first-order valence-electron chi connectivity index (χ1n) is 5.47. The molecular weight excluding hydrogens is 414 g/mol. The molecule has 1 aromatic heterocycles. The van der Waals surface area contributed by atoms with Crippen molar-refractivity contribution in [1.29, 1.82) is 0 Å². The molecule has 3 rings (SSSR count). The Hall–Kier alpha value is -1.11. The third-order valence-corrected chi connectivity index (χ3v) is 4.53. The summed E-state index contributed by atoms with van der Waals surface area (Å²) in [6.45, 7) is 0.